The highest BCUT2D eigenvalue weighted by molar-refractivity contribution is 7.89. The van der Waals surface area contributed by atoms with Crippen LogP contribution in [0.1, 0.15) is 17.1 Å². The Morgan fingerprint density at radius 1 is 1.33 bits per heavy atom. The van der Waals surface area contributed by atoms with Crippen molar-refractivity contribution in [2.75, 3.05) is 27.3 Å². The highest BCUT2D eigenvalue weighted by atomic mass is 32.2. The maximum atomic E-state index is 12.4. The van der Waals surface area contributed by atoms with Crippen LogP contribution >= 0.6 is 0 Å². The summed E-state index contributed by atoms with van der Waals surface area (Å²) in [7, 11) is -0.688. The van der Waals surface area contributed by atoms with Crippen LogP contribution < -0.4 is 0 Å². The SMILES string of the molecule is COCCN(C)S(=O)(=O)c1c(C)oc(C)c1CO. The molecule has 0 fully saturated rings. The van der Waals surface area contributed by atoms with E-state index in [0.717, 1.165) is 0 Å². The Balaban J connectivity index is 3.20. The molecule has 7 heteroatoms. The van der Waals surface area contributed by atoms with Crippen molar-refractivity contribution in [1.82, 2.24) is 4.31 Å². The van der Waals surface area contributed by atoms with E-state index in [1.165, 1.54) is 18.5 Å². The smallest absolute Gasteiger partial charge is 0.246 e. The third kappa shape index (κ3) is 2.74. The van der Waals surface area contributed by atoms with Crippen molar-refractivity contribution < 1.29 is 22.7 Å². The molecule has 18 heavy (non-hydrogen) atoms. The first-order valence-corrected chi connectivity index (χ1v) is 6.95. The summed E-state index contributed by atoms with van der Waals surface area (Å²) in [5, 5.41) is 9.27. The van der Waals surface area contributed by atoms with Crippen molar-refractivity contribution in [2.24, 2.45) is 0 Å². The van der Waals surface area contributed by atoms with Crippen LogP contribution in [0.2, 0.25) is 0 Å². The number of aliphatic hydroxyl groups is 1. The lowest BCUT2D eigenvalue weighted by molar-refractivity contribution is 0.185. The minimum atomic E-state index is -3.66. The van der Waals surface area contributed by atoms with Gasteiger partial charge in [0.05, 0.1) is 13.2 Å². The fourth-order valence-electron chi connectivity index (χ4n) is 1.73. The normalized spacial score (nSPS) is 12.3. The summed E-state index contributed by atoms with van der Waals surface area (Å²) in [5.74, 6) is 0.717. The van der Waals surface area contributed by atoms with Crippen molar-refractivity contribution in [2.45, 2.75) is 25.3 Å². The van der Waals surface area contributed by atoms with E-state index in [-0.39, 0.29) is 18.0 Å². The molecule has 6 nitrogen and oxygen atoms in total. The van der Waals surface area contributed by atoms with Crippen molar-refractivity contribution in [3.63, 3.8) is 0 Å². The quantitative estimate of drug-likeness (QED) is 0.826. The molecule has 0 atom stereocenters. The number of hydrogen-bond acceptors (Lipinski definition) is 5. The number of hydrogen-bond donors (Lipinski definition) is 1. The number of methoxy groups -OCH3 is 1. The van der Waals surface area contributed by atoms with Crippen molar-refractivity contribution in [3.05, 3.63) is 17.1 Å². The van der Waals surface area contributed by atoms with Crippen LogP contribution in [0, 0.1) is 13.8 Å². The van der Waals surface area contributed by atoms with E-state index in [2.05, 4.69) is 0 Å². The molecule has 1 heterocycles. The second-order valence-electron chi connectivity index (χ2n) is 4.00. The summed E-state index contributed by atoms with van der Waals surface area (Å²) >= 11 is 0. The van der Waals surface area contributed by atoms with E-state index >= 15 is 0 Å². The molecule has 1 aromatic heterocycles. The highest BCUT2D eigenvalue weighted by Gasteiger charge is 2.29. The number of nitrogens with zero attached hydrogens (tertiary/aromatic N) is 1. The number of likely N-dealkylation sites (N-methyl/N-ethyl adjacent to an activating group) is 1. The molecule has 0 aromatic carbocycles. The monoisotopic (exact) mass is 277 g/mol. The molecule has 1 rings (SSSR count). The van der Waals surface area contributed by atoms with E-state index < -0.39 is 10.0 Å². The van der Waals surface area contributed by atoms with Crippen molar-refractivity contribution in [3.8, 4) is 0 Å². The van der Waals surface area contributed by atoms with Gasteiger partial charge >= 0.3 is 0 Å². The fraction of sp³-hybridized carbons (Fsp3) is 0.636. The predicted octanol–water partition coefficient (Wildman–Crippen LogP) is 0.656. The third-order valence-corrected chi connectivity index (χ3v) is 4.81. The summed E-state index contributed by atoms with van der Waals surface area (Å²) in [6.07, 6.45) is 0. The first-order chi connectivity index (χ1) is 8.36. The van der Waals surface area contributed by atoms with Gasteiger partial charge in [0.15, 0.2) is 0 Å². The second-order valence-corrected chi connectivity index (χ2v) is 5.98. The van der Waals surface area contributed by atoms with Gasteiger partial charge in [-0.25, -0.2) is 8.42 Å². The third-order valence-electron chi connectivity index (χ3n) is 2.76. The predicted molar refractivity (Wildman–Crippen MR) is 65.8 cm³/mol. The Labute approximate surface area is 107 Å². The number of ether oxygens (including phenoxy) is 1. The molecule has 0 saturated heterocycles. The maximum absolute atomic E-state index is 12.4. The Morgan fingerprint density at radius 3 is 2.44 bits per heavy atom. The topological polar surface area (TPSA) is 80.0 Å². The molecule has 0 unspecified atom stereocenters. The van der Waals surface area contributed by atoms with Crippen molar-refractivity contribution >= 4 is 10.0 Å². The minimum absolute atomic E-state index is 0.0566. The van der Waals surface area contributed by atoms with Crippen LogP contribution in [-0.2, 0) is 21.4 Å². The standard InChI is InChI=1S/C11H19NO5S/c1-8-10(7-13)11(9(2)17-8)18(14,15)12(3)5-6-16-4/h13H,5-7H2,1-4H3. The maximum Gasteiger partial charge on any atom is 0.246 e. The molecule has 0 aliphatic rings. The van der Waals surface area contributed by atoms with Crippen LogP contribution in [-0.4, -0.2) is 45.1 Å². The Hall–Kier alpha value is -0.890. The summed E-state index contributed by atoms with van der Waals surface area (Å²) in [4.78, 5) is 0.0566. The molecule has 0 radical (unpaired) electrons. The van der Waals surface area contributed by atoms with Crippen LogP contribution in [0.5, 0.6) is 0 Å². The van der Waals surface area contributed by atoms with E-state index in [1.54, 1.807) is 13.8 Å². The number of aryl methyl sites for hydroxylation is 2. The van der Waals surface area contributed by atoms with Gasteiger partial charge in [-0.3, -0.25) is 0 Å². The zero-order chi connectivity index (χ0) is 13.9. The lowest BCUT2D eigenvalue weighted by Gasteiger charge is -2.17. The number of aliphatic hydroxyl groups excluding tert-OH is 1. The van der Waals surface area contributed by atoms with Crippen LogP contribution in [0.25, 0.3) is 0 Å². The Bertz CT molecular complexity index is 506. The minimum Gasteiger partial charge on any atom is -0.465 e. The van der Waals surface area contributed by atoms with Crippen molar-refractivity contribution in [1.29, 1.82) is 0 Å². The summed E-state index contributed by atoms with van der Waals surface area (Å²) < 4.78 is 36.0. The van der Waals surface area contributed by atoms with E-state index in [4.69, 9.17) is 9.15 Å². The molecular weight excluding hydrogens is 258 g/mol. The van der Waals surface area contributed by atoms with E-state index in [1.807, 2.05) is 0 Å². The largest absolute Gasteiger partial charge is 0.465 e. The van der Waals surface area contributed by atoms with Gasteiger partial charge in [0, 0.05) is 26.3 Å². The van der Waals surface area contributed by atoms with Gasteiger partial charge in [-0.2, -0.15) is 4.31 Å². The molecule has 1 aromatic rings. The first kappa shape index (κ1) is 15.2. The molecule has 0 spiro atoms. The number of rotatable bonds is 6. The molecule has 0 amide bonds. The van der Waals surface area contributed by atoms with Crippen LogP contribution in [0.4, 0.5) is 0 Å². The molecule has 1 N–H and O–H groups in total. The average molecular weight is 277 g/mol. The van der Waals surface area contributed by atoms with Crippen LogP contribution in [0.3, 0.4) is 0 Å². The Morgan fingerprint density at radius 2 is 1.94 bits per heavy atom. The lowest BCUT2D eigenvalue weighted by atomic mass is 10.2. The molecular formula is C11H19NO5S. The fourth-order valence-corrected chi connectivity index (χ4v) is 3.28. The first-order valence-electron chi connectivity index (χ1n) is 5.51. The second kappa shape index (κ2) is 5.83. The zero-order valence-corrected chi connectivity index (χ0v) is 11.9. The summed E-state index contributed by atoms with van der Waals surface area (Å²) in [6.45, 7) is 3.39. The molecule has 104 valence electrons. The van der Waals surface area contributed by atoms with E-state index in [0.29, 0.717) is 23.7 Å². The van der Waals surface area contributed by atoms with Gasteiger partial charge < -0.3 is 14.3 Å². The highest BCUT2D eigenvalue weighted by Crippen LogP contribution is 2.28. The molecule has 0 aliphatic carbocycles. The Kier molecular flexibility index (Phi) is 4.92. The van der Waals surface area contributed by atoms with Gasteiger partial charge in [0.1, 0.15) is 16.4 Å². The van der Waals surface area contributed by atoms with Gasteiger partial charge in [0.25, 0.3) is 0 Å². The summed E-state index contributed by atoms with van der Waals surface area (Å²) in [6, 6.07) is 0. The average Bonchev–Trinajstić information content (AvgIpc) is 2.60. The zero-order valence-electron chi connectivity index (χ0n) is 11.1. The number of furan rings is 1. The summed E-state index contributed by atoms with van der Waals surface area (Å²) in [5.41, 5.74) is 0.316. The molecule has 0 aliphatic heterocycles. The van der Waals surface area contributed by atoms with Gasteiger partial charge in [-0.1, -0.05) is 0 Å². The van der Waals surface area contributed by atoms with Gasteiger partial charge in [-0.05, 0) is 13.8 Å². The van der Waals surface area contributed by atoms with Crippen LogP contribution in [0.15, 0.2) is 9.31 Å². The lowest BCUT2D eigenvalue weighted by Crippen LogP contribution is -2.30. The van der Waals surface area contributed by atoms with Gasteiger partial charge in [0.2, 0.25) is 10.0 Å². The molecule has 0 bridgehead atoms. The van der Waals surface area contributed by atoms with Gasteiger partial charge in [-0.15, -0.1) is 0 Å². The number of sulfonamides is 1. The molecule has 0 saturated carbocycles. The van der Waals surface area contributed by atoms with E-state index in [9.17, 15) is 13.5 Å².